The van der Waals surface area contributed by atoms with Crippen LogP contribution in [0.5, 0.6) is 11.5 Å². The van der Waals surface area contributed by atoms with Crippen molar-refractivity contribution in [2.45, 2.75) is 19.3 Å². The van der Waals surface area contributed by atoms with E-state index in [1.807, 2.05) is 30.3 Å². The molecule has 1 aliphatic rings. The summed E-state index contributed by atoms with van der Waals surface area (Å²) in [6.07, 6.45) is 4.98. The molecule has 2 aromatic carbocycles. The number of carbonyl (C=O) groups is 2. The number of rotatable bonds is 10. The van der Waals surface area contributed by atoms with E-state index in [9.17, 15) is 9.59 Å². The standard InChI is InChI=1S/C26H24ClN3O4S3/c1-33-20-10-7-17(13-21(20)34-2)14-22-24(32)30(26(35)37-22)11-3-4-23(31)29-25-28-15-19(36-25)12-16-5-8-18(27)9-6-16/h5-10,13-15H,3-4,11-12H2,1-2H3,(H,28,29,31)/b22-14-. The van der Waals surface area contributed by atoms with Crippen LogP contribution in [0.4, 0.5) is 5.13 Å². The van der Waals surface area contributed by atoms with Gasteiger partial charge >= 0.3 is 0 Å². The Balaban J connectivity index is 1.27. The van der Waals surface area contributed by atoms with E-state index < -0.39 is 0 Å². The minimum atomic E-state index is -0.169. The predicted octanol–water partition coefficient (Wildman–Crippen LogP) is 6.02. The average Bonchev–Trinajstić information content (AvgIpc) is 3.43. The molecule has 7 nitrogen and oxygen atoms in total. The van der Waals surface area contributed by atoms with Crippen LogP contribution in [0, 0.1) is 0 Å². The molecule has 0 spiro atoms. The van der Waals surface area contributed by atoms with Crippen molar-refractivity contribution in [1.82, 2.24) is 9.88 Å². The van der Waals surface area contributed by atoms with Crippen LogP contribution >= 0.6 is 46.9 Å². The molecule has 3 aromatic rings. The first-order valence-electron chi connectivity index (χ1n) is 11.3. The van der Waals surface area contributed by atoms with Crippen LogP contribution in [0.15, 0.2) is 53.6 Å². The lowest BCUT2D eigenvalue weighted by Gasteiger charge is -2.13. The fourth-order valence-corrected chi connectivity index (χ4v) is 5.91. The van der Waals surface area contributed by atoms with E-state index in [0.29, 0.717) is 43.8 Å². The summed E-state index contributed by atoms with van der Waals surface area (Å²) >= 11 is 14.0. The maximum Gasteiger partial charge on any atom is 0.266 e. The predicted molar refractivity (Wildman–Crippen MR) is 154 cm³/mol. The lowest BCUT2D eigenvalue weighted by molar-refractivity contribution is -0.122. The van der Waals surface area contributed by atoms with E-state index in [-0.39, 0.29) is 18.2 Å². The quantitative estimate of drug-likeness (QED) is 0.234. The van der Waals surface area contributed by atoms with Crippen LogP contribution in [0.25, 0.3) is 6.08 Å². The number of benzene rings is 2. The Labute approximate surface area is 233 Å². The van der Waals surface area contributed by atoms with Gasteiger partial charge in [-0.3, -0.25) is 14.5 Å². The highest BCUT2D eigenvalue weighted by Crippen LogP contribution is 2.35. The van der Waals surface area contributed by atoms with Crippen molar-refractivity contribution < 1.29 is 19.1 Å². The molecule has 11 heteroatoms. The highest BCUT2D eigenvalue weighted by Gasteiger charge is 2.31. The normalized spacial score (nSPS) is 14.4. The number of thiocarbonyl (C=S) groups is 1. The molecule has 4 rings (SSSR count). The van der Waals surface area contributed by atoms with Crippen molar-refractivity contribution in [3.8, 4) is 11.5 Å². The third-order valence-electron chi connectivity index (χ3n) is 5.46. The van der Waals surface area contributed by atoms with Gasteiger partial charge in [-0.1, -0.05) is 53.8 Å². The van der Waals surface area contributed by atoms with Crippen molar-refractivity contribution in [1.29, 1.82) is 0 Å². The van der Waals surface area contributed by atoms with Gasteiger partial charge in [0.05, 0.1) is 19.1 Å². The zero-order valence-electron chi connectivity index (χ0n) is 20.2. The van der Waals surface area contributed by atoms with E-state index in [1.165, 1.54) is 28.0 Å². The largest absolute Gasteiger partial charge is 0.493 e. The summed E-state index contributed by atoms with van der Waals surface area (Å²) in [6.45, 7) is 0.362. The number of thiazole rings is 1. The number of ether oxygens (including phenoxy) is 2. The van der Waals surface area contributed by atoms with E-state index >= 15 is 0 Å². The molecular formula is C26H24ClN3O4S3. The Morgan fingerprint density at radius 3 is 2.65 bits per heavy atom. The molecule has 1 fully saturated rings. The van der Waals surface area contributed by atoms with E-state index in [1.54, 1.807) is 38.6 Å². The number of nitrogens with one attached hydrogen (secondary N) is 1. The molecular weight excluding hydrogens is 550 g/mol. The summed E-state index contributed by atoms with van der Waals surface area (Å²) in [7, 11) is 3.13. The van der Waals surface area contributed by atoms with Crippen LogP contribution in [-0.2, 0) is 16.0 Å². The van der Waals surface area contributed by atoms with Gasteiger partial charge in [-0.05, 0) is 47.9 Å². The summed E-state index contributed by atoms with van der Waals surface area (Å²) in [5, 5.41) is 4.09. The second kappa shape index (κ2) is 12.6. The lowest BCUT2D eigenvalue weighted by Crippen LogP contribution is -2.29. The minimum absolute atomic E-state index is 0.154. The van der Waals surface area contributed by atoms with Gasteiger partial charge in [-0.2, -0.15) is 0 Å². The molecule has 1 N–H and O–H groups in total. The number of aromatic nitrogens is 1. The van der Waals surface area contributed by atoms with Crippen LogP contribution in [0.2, 0.25) is 5.02 Å². The van der Waals surface area contributed by atoms with Gasteiger partial charge in [0.1, 0.15) is 4.32 Å². The monoisotopic (exact) mass is 573 g/mol. The van der Waals surface area contributed by atoms with Crippen molar-refractivity contribution in [2.24, 2.45) is 0 Å². The molecule has 0 bridgehead atoms. The second-order valence-electron chi connectivity index (χ2n) is 8.03. The maximum absolute atomic E-state index is 12.9. The van der Waals surface area contributed by atoms with E-state index in [2.05, 4.69) is 10.3 Å². The first-order valence-corrected chi connectivity index (χ1v) is 13.7. The topological polar surface area (TPSA) is 80.8 Å². The number of carbonyl (C=O) groups excluding carboxylic acids is 2. The fraction of sp³-hybridized carbons (Fsp3) is 0.231. The summed E-state index contributed by atoms with van der Waals surface area (Å²) < 4.78 is 11.1. The fourth-order valence-electron chi connectivity index (χ4n) is 3.62. The Morgan fingerprint density at radius 1 is 1.16 bits per heavy atom. The molecule has 2 amide bonds. The Kier molecular flexibility index (Phi) is 9.20. The number of hydrogen-bond acceptors (Lipinski definition) is 8. The van der Waals surface area contributed by atoms with Gasteiger partial charge in [-0.25, -0.2) is 4.98 Å². The van der Waals surface area contributed by atoms with Crippen molar-refractivity contribution in [3.63, 3.8) is 0 Å². The third kappa shape index (κ3) is 7.10. The van der Waals surface area contributed by atoms with Crippen LogP contribution in [0.1, 0.15) is 28.8 Å². The molecule has 192 valence electrons. The van der Waals surface area contributed by atoms with Crippen molar-refractivity contribution in [2.75, 3.05) is 26.1 Å². The number of hydrogen-bond donors (Lipinski definition) is 1. The number of methoxy groups -OCH3 is 2. The first kappa shape index (κ1) is 27.1. The van der Waals surface area contributed by atoms with Gasteiger partial charge in [0.15, 0.2) is 16.6 Å². The Bertz CT molecular complexity index is 1340. The Morgan fingerprint density at radius 2 is 1.92 bits per heavy atom. The van der Waals surface area contributed by atoms with Gasteiger partial charge in [0.2, 0.25) is 5.91 Å². The number of anilines is 1. The zero-order chi connectivity index (χ0) is 26.4. The van der Waals surface area contributed by atoms with Crippen LogP contribution in [0.3, 0.4) is 0 Å². The smallest absolute Gasteiger partial charge is 0.266 e. The maximum atomic E-state index is 12.9. The van der Waals surface area contributed by atoms with Crippen molar-refractivity contribution in [3.05, 3.63) is 74.6 Å². The molecule has 37 heavy (non-hydrogen) atoms. The summed E-state index contributed by atoms with van der Waals surface area (Å²) in [4.78, 5) is 32.8. The van der Waals surface area contributed by atoms with Gasteiger partial charge in [0, 0.05) is 35.5 Å². The first-order chi connectivity index (χ1) is 17.9. The SMILES string of the molecule is COc1ccc(/C=C2\SC(=S)N(CCCC(=O)Nc3ncc(Cc4ccc(Cl)cc4)s3)C2=O)cc1OC. The molecule has 1 saturated heterocycles. The zero-order valence-corrected chi connectivity index (χ0v) is 23.4. The third-order valence-corrected chi connectivity index (χ3v) is 8.00. The van der Waals surface area contributed by atoms with Gasteiger partial charge in [-0.15, -0.1) is 11.3 Å². The molecule has 0 atom stereocenters. The summed E-state index contributed by atoms with van der Waals surface area (Å²) in [5.74, 6) is 0.867. The van der Waals surface area contributed by atoms with Gasteiger partial charge in [0.25, 0.3) is 5.91 Å². The average molecular weight is 574 g/mol. The van der Waals surface area contributed by atoms with Crippen LogP contribution < -0.4 is 14.8 Å². The molecule has 0 radical (unpaired) electrons. The number of thioether (sulfide) groups is 1. The molecule has 0 saturated carbocycles. The Hall–Kier alpha value is -2.92. The molecule has 1 aromatic heterocycles. The highest BCUT2D eigenvalue weighted by molar-refractivity contribution is 8.26. The lowest BCUT2D eigenvalue weighted by atomic mass is 10.1. The molecule has 0 aliphatic carbocycles. The number of nitrogens with zero attached hydrogens (tertiary/aromatic N) is 2. The van der Waals surface area contributed by atoms with Gasteiger partial charge < -0.3 is 14.8 Å². The minimum Gasteiger partial charge on any atom is -0.493 e. The number of halogens is 1. The van der Waals surface area contributed by atoms with Crippen LogP contribution in [-0.4, -0.2) is 46.8 Å². The summed E-state index contributed by atoms with van der Waals surface area (Å²) in [6, 6.07) is 13.1. The molecule has 2 heterocycles. The molecule has 0 unspecified atom stereocenters. The van der Waals surface area contributed by atoms with Crippen molar-refractivity contribution >= 4 is 74.3 Å². The second-order valence-corrected chi connectivity index (χ2v) is 11.3. The van der Waals surface area contributed by atoms with E-state index in [0.717, 1.165) is 22.4 Å². The summed E-state index contributed by atoms with van der Waals surface area (Å²) in [5.41, 5.74) is 1.92. The van der Waals surface area contributed by atoms with E-state index in [4.69, 9.17) is 33.3 Å². The molecule has 1 aliphatic heterocycles. The number of amides is 2. The highest BCUT2D eigenvalue weighted by atomic mass is 35.5.